The van der Waals surface area contributed by atoms with Crippen LogP contribution in [0, 0.1) is 0 Å². The van der Waals surface area contributed by atoms with E-state index < -0.39 is 11.9 Å². The second kappa shape index (κ2) is 4.96. The summed E-state index contributed by atoms with van der Waals surface area (Å²) >= 11 is 0. The third-order valence-electron chi connectivity index (χ3n) is 4.09. The molecule has 3 heterocycles. The third-order valence-corrected chi connectivity index (χ3v) is 4.09. The Balaban J connectivity index is 1.71. The number of hydrogen-bond donors (Lipinski definition) is 1. The molecule has 6 nitrogen and oxygen atoms in total. The van der Waals surface area contributed by atoms with Crippen molar-refractivity contribution in [2.24, 2.45) is 0 Å². The second-order valence-electron chi connectivity index (χ2n) is 6.13. The van der Waals surface area contributed by atoms with Crippen LogP contribution in [0.1, 0.15) is 25.6 Å². The van der Waals surface area contributed by atoms with E-state index in [4.69, 9.17) is 14.2 Å². The monoisotopic (exact) mass is 302 g/mol. The van der Waals surface area contributed by atoms with Crippen molar-refractivity contribution in [1.82, 2.24) is 9.97 Å². The zero-order valence-corrected chi connectivity index (χ0v) is 12.5. The number of rotatable bonds is 2. The predicted octanol–water partition coefficient (Wildman–Crippen LogP) is 1.58. The van der Waals surface area contributed by atoms with E-state index in [0.29, 0.717) is 5.69 Å². The Morgan fingerprint density at radius 1 is 1.14 bits per heavy atom. The maximum absolute atomic E-state index is 9.52. The molecule has 1 N–H and O–H groups in total. The third kappa shape index (κ3) is 2.19. The number of nitrogens with zero attached hydrogens (tertiary/aromatic N) is 2. The van der Waals surface area contributed by atoms with Crippen LogP contribution in [0.25, 0.3) is 11.0 Å². The van der Waals surface area contributed by atoms with Gasteiger partial charge in [0.2, 0.25) is 0 Å². The number of hydrogen-bond acceptors (Lipinski definition) is 6. The molecular weight excluding hydrogens is 284 g/mol. The summed E-state index contributed by atoms with van der Waals surface area (Å²) in [4.78, 5) is 9.06. The van der Waals surface area contributed by atoms with Gasteiger partial charge >= 0.3 is 0 Å². The summed E-state index contributed by atoms with van der Waals surface area (Å²) in [7, 11) is 0. The Morgan fingerprint density at radius 3 is 2.64 bits per heavy atom. The van der Waals surface area contributed by atoms with Gasteiger partial charge in [0.25, 0.3) is 0 Å². The van der Waals surface area contributed by atoms with Gasteiger partial charge in [0.05, 0.1) is 29.5 Å². The highest BCUT2D eigenvalue weighted by molar-refractivity contribution is 5.73. The van der Waals surface area contributed by atoms with E-state index >= 15 is 0 Å². The van der Waals surface area contributed by atoms with Crippen LogP contribution in [0.4, 0.5) is 0 Å². The molecule has 6 heteroatoms. The molecule has 116 valence electrons. The lowest BCUT2D eigenvalue weighted by atomic mass is 10.1. The van der Waals surface area contributed by atoms with Crippen molar-refractivity contribution in [2.45, 2.75) is 44.1 Å². The van der Waals surface area contributed by atoms with Gasteiger partial charge in [-0.25, -0.2) is 4.98 Å². The van der Waals surface area contributed by atoms with Gasteiger partial charge < -0.3 is 19.3 Å². The van der Waals surface area contributed by atoms with Crippen LogP contribution < -0.4 is 0 Å². The smallest absolute Gasteiger partial charge is 0.164 e. The number of aromatic nitrogens is 2. The van der Waals surface area contributed by atoms with Gasteiger partial charge in [-0.3, -0.25) is 4.98 Å². The Bertz CT molecular complexity index is 705. The summed E-state index contributed by atoms with van der Waals surface area (Å²) in [6.45, 7) is 3.61. The summed E-state index contributed by atoms with van der Waals surface area (Å²) in [5, 5.41) is 9.52. The van der Waals surface area contributed by atoms with Crippen LogP contribution in [-0.4, -0.2) is 45.8 Å². The van der Waals surface area contributed by atoms with Crippen LogP contribution in [0.5, 0.6) is 0 Å². The van der Waals surface area contributed by atoms with Gasteiger partial charge in [0.1, 0.15) is 24.4 Å². The molecule has 0 radical (unpaired) electrons. The fraction of sp³-hybridized carbons (Fsp3) is 0.500. The van der Waals surface area contributed by atoms with E-state index in [9.17, 15) is 5.11 Å². The lowest BCUT2D eigenvalue weighted by Crippen LogP contribution is -2.31. The van der Waals surface area contributed by atoms with Gasteiger partial charge in [-0.15, -0.1) is 0 Å². The molecule has 4 rings (SSSR count). The quantitative estimate of drug-likeness (QED) is 0.908. The van der Waals surface area contributed by atoms with Crippen LogP contribution in [-0.2, 0) is 14.2 Å². The summed E-state index contributed by atoms with van der Waals surface area (Å²) < 4.78 is 17.7. The molecule has 22 heavy (non-hydrogen) atoms. The highest BCUT2D eigenvalue weighted by atomic mass is 16.8. The van der Waals surface area contributed by atoms with Gasteiger partial charge in [0.15, 0.2) is 5.79 Å². The first kappa shape index (κ1) is 14.0. The van der Waals surface area contributed by atoms with Crippen molar-refractivity contribution in [3.8, 4) is 0 Å². The highest BCUT2D eigenvalue weighted by Crippen LogP contribution is 2.44. The largest absolute Gasteiger partial charge is 0.394 e. The summed E-state index contributed by atoms with van der Waals surface area (Å²) in [5.74, 6) is -0.685. The van der Waals surface area contributed by atoms with Crippen LogP contribution in [0.15, 0.2) is 30.5 Å². The molecule has 2 aromatic rings. The molecular formula is C16H18N2O4. The molecule has 0 saturated carbocycles. The summed E-state index contributed by atoms with van der Waals surface area (Å²) in [5.41, 5.74) is 2.35. The van der Waals surface area contributed by atoms with Crippen molar-refractivity contribution in [3.05, 3.63) is 36.2 Å². The zero-order valence-electron chi connectivity index (χ0n) is 12.5. The molecule has 4 atom stereocenters. The van der Waals surface area contributed by atoms with Gasteiger partial charge in [-0.2, -0.15) is 0 Å². The maximum atomic E-state index is 9.52. The van der Waals surface area contributed by atoms with Gasteiger partial charge in [-0.1, -0.05) is 12.1 Å². The van der Waals surface area contributed by atoms with E-state index in [1.807, 2.05) is 38.1 Å². The number of para-hydroxylation sites is 2. The molecule has 1 aromatic heterocycles. The van der Waals surface area contributed by atoms with E-state index in [1.165, 1.54) is 0 Å². The molecule has 0 aliphatic carbocycles. The number of ether oxygens (including phenoxy) is 3. The fourth-order valence-electron chi connectivity index (χ4n) is 3.18. The van der Waals surface area contributed by atoms with Crippen molar-refractivity contribution in [3.63, 3.8) is 0 Å². The Kier molecular flexibility index (Phi) is 3.16. The summed E-state index contributed by atoms with van der Waals surface area (Å²) in [6, 6.07) is 7.68. The average molecular weight is 302 g/mol. The SMILES string of the molecule is CC1(C)O[C@@H]2[C@H](O1)[C@@H](CO)O[C@H]2c1cnc2ccccc2n1. The molecule has 0 amide bonds. The van der Waals surface area contributed by atoms with Crippen LogP contribution >= 0.6 is 0 Å². The number of benzene rings is 1. The topological polar surface area (TPSA) is 73.7 Å². The van der Waals surface area contributed by atoms with E-state index in [1.54, 1.807) is 6.20 Å². The van der Waals surface area contributed by atoms with E-state index in [0.717, 1.165) is 11.0 Å². The first-order valence-corrected chi connectivity index (χ1v) is 7.41. The minimum absolute atomic E-state index is 0.113. The normalized spacial score (nSPS) is 33.2. The average Bonchev–Trinajstić information content (AvgIpc) is 2.99. The van der Waals surface area contributed by atoms with Crippen molar-refractivity contribution >= 4 is 11.0 Å². The standard InChI is InChI=1S/C16H18N2O4/c1-16(2)21-14-12(8-19)20-13(15(14)22-16)11-7-17-9-5-3-4-6-10(9)18-11/h3-7,12-15,19H,8H2,1-2H3/t12-,13+,14-,15+/m1/s1. The van der Waals surface area contributed by atoms with Crippen molar-refractivity contribution < 1.29 is 19.3 Å². The molecule has 2 saturated heterocycles. The Labute approximate surface area is 128 Å². The second-order valence-corrected chi connectivity index (χ2v) is 6.13. The molecule has 0 unspecified atom stereocenters. The molecule has 2 aliphatic heterocycles. The first-order valence-electron chi connectivity index (χ1n) is 7.41. The Morgan fingerprint density at radius 2 is 1.86 bits per heavy atom. The molecule has 0 spiro atoms. The van der Waals surface area contributed by atoms with Crippen LogP contribution in [0.2, 0.25) is 0 Å². The Hall–Kier alpha value is -1.60. The maximum Gasteiger partial charge on any atom is 0.164 e. The predicted molar refractivity (Wildman–Crippen MR) is 78.1 cm³/mol. The van der Waals surface area contributed by atoms with Crippen molar-refractivity contribution in [1.29, 1.82) is 0 Å². The van der Waals surface area contributed by atoms with Gasteiger partial charge in [0, 0.05) is 0 Å². The van der Waals surface area contributed by atoms with E-state index in [-0.39, 0.29) is 24.9 Å². The minimum Gasteiger partial charge on any atom is -0.394 e. The summed E-state index contributed by atoms with van der Waals surface area (Å²) in [6.07, 6.45) is 0.324. The highest BCUT2D eigenvalue weighted by Gasteiger charge is 2.55. The molecule has 0 bridgehead atoms. The first-order chi connectivity index (χ1) is 10.6. The van der Waals surface area contributed by atoms with Crippen LogP contribution in [0.3, 0.4) is 0 Å². The number of aliphatic hydroxyl groups is 1. The number of fused-ring (bicyclic) bond motifs is 2. The lowest BCUT2D eigenvalue weighted by molar-refractivity contribution is -0.191. The van der Waals surface area contributed by atoms with Gasteiger partial charge in [-0.05, 0) is 26.0 Å². The van der Waals surface area contributed by atoms with E-state index in [2.05, 4.69) is 9.97 Å². The molecule has 1 aromatic carbocycles. The number of aliphatic hydroxyl groups excluding tert-OH is 1. The molecule has 2 fully saturated rings. The minimum atomic E-state index is -0.685. The molecule has 2 aliphatic rings. The van der Waals surface area contributed by atoms with Crippen molar-refractivity contribution in [2.75, 3.05) is 6.61 Å². The fourth-order valence-corrected chi connectivity index (χ4v) is 3.18. The zero-order chi connectivity index (χ0) is 15.3. The lowest BCUT2D eigenvalue weighted by Gasteiger charge is -2.23.